The monoisotopic (exact) mass is 264 g/mol. The maximum absolute atomic E-state index is 6.16. The minimum atomic E-state index is -2.67. The first kappa shape index (κ1) is 17.0. The Bertz CT molecular complexity index is 201. The van der Waals surface area contributed by atoms with E-state index in [2.05, 4.69) is 6.92 Å². The SMILES string of the molecule is CCCC(N)(CN)O[Si](CC)(OCC)OCC. The van der Waals surface area contributed by atoms with Crippen LogP contribution in [-0.2, 0) is 13.3 Å². The van der Waals surface area contributed by atoms with Gasteiger partial charge in [-0.2, -0.15) is 0 Å². The van der Waals surface area contributed by atoms with Crippen molar-refractivity contribution in [3.8, 4) is 0 Å². The van der Waals surface area contributed by atoms with Gasteiger partial charge in [-0.05, 0) is 20.3 Å². The molecule has 17 heavy (non-hydrogen) atoms. The molecule has 0 fully saturated rings. The Hall–Kier alpha value is 0.0169. The highest BCUT2D eigenvalue weighted by Crippen LogP contribution is 2.23. The van der Waals surface area contributed by atoms with Gasteiger partial charge in [-0.1, -0.05) is 20.3 Å². The molecule has 0 spiro atoms. The molecule has 0 aromatic carbocycles. The van der Waals surface area contributed by atoms with Gasteiger partial charge in [0.05, 0.1) is 0 Å². The van der Waals surface area contributed by atoms with Gasteiger partial charge in [0.1, 0.15) is 5.72 Å². The predicted octanol–water partition coefficient (Wildman–Crippen LogP) is 1.45. The molecule has 0 aliphatic rings. The number of hydrogen-bond acceptors (Lipinski definition) is 5. The summed E-state index contributed by atoms with van der Waals surface area (Å²) in [5.41, 5.74) is 11.0. The molecule has 1 atom stereocenters. The Balaban J connectivity index is 4.79. The van der Waals surface area contributed by atoms with Crippen LogP contribution >= 0.6 is 0 Å². The van der Waals surface area contributed by atoms with Crippen LogP contribution in [0.25, 0.3) is 0 Å². The zero-order valence-electron chi connectivity index (χ0n) is 11.6. The first-order chi connectivity index (χ1) is 8.01. The molecule has 0 aliphatic carbocycles. The van der Waals surface area contributed by atoms with Crippen molar-refractivity contribution in [2.75, 3.05) is 19.8 Å². The van der Waals surface area contributed by atoms with Crippen LogP contribution in [0.2, 0.25) is 6.04 Å². The highest BCUT2D eigenvalue weighted by Gasteiger charge is 2.44. The normalized spacial score (nSPS) is 15.9. The quantitative estimate of drug-likeness (QED) is 0.461. The summed E-state index contributed by atoms with van der Waals surface area (Å²) >= 11 is 0. The highest BCUT2D eigenvalue weighted by atomic mass is 28.4. The van der Waals surface area contributed by atoms with Crippen molar-refractivity contribution < 1.29 is 13.3 Å². The van der Waals surface area contributed by atoms with Gasteiger partial charge in [0, 0.05) is 25.8 Å². The van der Waals surface area contributed by atoms with Crippen LogP contribution in [0, 0.1) is 0 Å². The molecule has 0 aromatic heterocycles. The number of rotatable bonds is 10. The van der Waals surface area contributed by atoms with Gasteiger partial charge < -0.3 is 24.7 Å². The molecule has 0 saturated heterocycles. The second-order valence-electron chi connectivity index (χ2n) is 4.02. The van der Waals surface area contributed by atoms with Crippen molar-refractivity contribution in [3.63, 3.8) is 0 Å². The van der Waals surface area contributed by atoms with Gasteiger partial charge in [0.25, 0.3) is 0 Å². The molecule has 0 aliphatic heterocycles. The molecule has 0 amide bonds. The molecule has 1 unspecified atom stereocenters. The molecule has 5 nitrogen and oxygen atoms in total. The van der Waals surface area contributed by atoms with Crippen molar-refractivity contribution in [3.05, 3.63) is 0 Å². The van der Waals surface area contributed by atoms with Gasteiger partial charge in [0.15, 0.2) is 0 Å². The Morgan fingerprint density at radius 3 is 1.88 bits per heavy atom. The van der Waals surface area contributed by atoms with E-state index in [1.54, 1.807) is 0 Å². The standard InChI is InChI=1S/C11H28N2O3Si/c1-5-9-11(13,10-12)16-17(8-4,14-6-2)15-7-3/h5-10,12-13H2,1-4H3. The molecule has 0 bridgehead atoms. The van der Waals surface area contributed by atoms with Crippen LogP contribution in [-0.4, -0.2) is 34.3 Å². The number of hydrogen-bond donors (Lipinski definition) is 2. The van der Waals surface area contributed by atoms with E-state index in [1.807, 2.05) is 20.8 Å². The molecule has 0 radical (unpaired) electrons. The largest absolute Gasteiger partial charge is 0.502 e. The average molecular weight is 264 g/mol. The van der Waals surface area contributed by atoms with Gasteiger partial charge >= 0.3 is 8.80 Å². The summed E-state index contributed by atoms with van der Waals surface area (Å²) in [5.74, 6) is 0. The van der Waals surface area contributed by atoms with Crippen molar-refractivity contribution in [2.24, 2.45) is 11.5 Å². The first-order valence-electron chi connectivity index (χ1n) is 6.48. The van der Waals surface area contributed by atoms with Crippen LogP contribution in [0.15, 0.2) is 0 Å². The van der Waals surface area contributed by atoms with E-state index < -0.39 is 14.5 Å². The van der Waals surface area contributed by atoms with E-state index >= 15 is 0 Å². The molecule has 0 aromatic rings. The van der Waals surface area contributed by atoms with E-state index in [0.29, 0.717) is 25.7 Å². The molecule has 4 N–H and O–H groups in total. The summed E-state index contributed by atoms with van der Waals surface area (Å²) in [7, 11) is -2.67. The third kappa shape index (κ3) is 5.46. The Morgan fingerprint density at radius 2 is 1.59 bits per heavy atom. The predicted molar refractivity (Wildman–Crippen MR) is 71.5 cm³/mol. The van der Waals surface area contributed by atoms with E-state index in [-0.39, 0.29) is 6.54 Å². The fourth-order valence-corrected chi connectivity index (χ4v) is 4.18. The van der Waals surface area contributed by atoms with Crippen LogP contribution in [0.3, 0.4) is 0 Å². The molecule has 6 heteroatoms. The zero-order chi connectivity index (χ0) is 13.4. The topological polar surface area (TPSA) is 79.7 Å². The van der Waals surface area contributed by atoms with Gasteiger partial charge in [-0.3, -0.25) is 0 Å². The minimum absolute atomic E-state index is 0.274. The molecule has 0 heterocycles. The van der Waals surface area contributed by atoms with Gasteiger partial charge in [-0.25, -0.2) is 0 Å². The summed E-state index contributed by atoms with van der Waals surface area (Å²) in [6, 6.07) is 0.706. The first-order valence-corrected chi connectivity index (χ1v) is 8.41. The van der Waals surface area contributed by atoms with Crippen LogP contribution in [0.4, 0.5) is 0 Å². The summed E-state index contributed by atoms with van der Waals surface area (Å²) in [5, 5.41) is 0. The summed E-state index contributed by atoms with van der Waals surface area (Å²) in [4.78, 5) is 0. The van der Waals surface area contributed by atoms with Gasteiger partial charge in [0.2, 0.25) is 0 Å². The van der Waals surface area contributed by atoms with Crippen molar-refractivity contribution in [1.29, 1.82) is 0 Å². The van der Waals surface area contributed by atoms with E-state index in [0.717, 1.165) is 6.42 Å². The van der Waals surface area contributed by atoms with Crippen LogP contribution in [0.5, 0.6) is 0 Å². The fourth-order valence-electron chi connectivity index (χ4n) is 1.74. The molecule has 104 valence electrons. The van der Waals surface area contributed by atoms with Crippen molar-refractivity contribution in [1.82, 2.24) is 0 Å². The highest BCUT2D eigenvalue weighted by molar-refractivity contribution is 6.60. The Kier molecular flexibility index (Phi) is 8.19. The minimum Gasteiger partial charge on any atom is -0.374 e. The maximum atomic E-state index is 6.16. The van der Waals surface area contributed by atoms with Crippen LogP contribution in [0.1, 0.15) is 40.5 Å². The lowest BCUT2D eigenvalue weighted by atomic mass is 10.1. The van der Waals surface area contributed by atoms with E-state index in [1.165, 1.54) is 0 Å². The maximum Gasteiger partial charge on any atom is 0.502 e. The molecule has 0 rings (SSSR count). The van der Waals surface area contributed by atoms with Crippen molar-refractivity contribution >= 4 is 8.80 Å². The van der Waals surface area contributed by atoms with Crippen LogP contribution < -0.4 is 11.5 Å². The third-order valence-electron chi connectivity index (χ3n) is 2.54. The lowest BCUT2D eigenvalue weighted by molar-refractivity contribution is -0.0264. The molecular formula is C11H28N2O3Si. The summed E-state index contributed by atoms with van der Waals surface area (Å²) < 4.78 is 17.4. The average Bonchev–Trinajstić information content (AvgIpc) is 2.30. The van der Waals surface area contributed by atoms with Gasteiger partial charge in [-0.15, -0.1) is 0 Å². The second kappa shape index (κ2) is 8.18. The van der Waals surface area contributed by atoms with E-state index in [4.69, 9.17) is 24.7 Å². The Morgan fingerprint density at radius 1 is 1.06 bits per heavy atom. The third-order valence-corrected chi connectivity index (χ3v) is 5.58. The van der Waals surface area contributed by atoms with Crippen molar-refractivity contribution in [2.45, 2.75) is 52.3 Å². The lowest BCUT2D eigenvalue weighted by Crippen LogP contribution is -2.60. The second-order valence-corrected chi connectivity index (χ2v) is 6.88. The summed E-state index contributed by atoms with van der Waals surface area (Å²) in [6.45, 7) is 9.31. The molecule has 0 saturated carbocycles. The smallest absolute Gasteiger partial charge is 0.374 e. The zero-order valence-corrected chi connectivity index (χ0v) is 12.6. The van der Waals surface area contributed by atoms with E-state index in [9.17, 15) is 0 Å². The Labute approximate surface area is 106 Å². The lowest BCUT2D eigenvalue weighted by Gasteiger charge is -2.37. The molecular weight excluding hydrogens is 236 g/mol. The number of nitrogens with two attached hydrogens (primary N) is 2. The fraction of sp³-hybridized carbons (Fsp3) is 1.00. The summed E-state index contributed by atoms with van der Waals surface area (Å²) in [6.07, 6.45) is 1.62.